The van der Waals surface area contributed by atoms with Gasteiger partial charge in [0.1, 0.15) is 0 Å². The third-order valence-corrected chi connectivity index (χ3v) is 2.60. The Morgan fingerprint density at radius 2 is 2.10 bits per heavy atom. The van der Waals surface area contributed by atoms with E-state index in [1.807, 2.05) is 5.43 Å². The number of rotatable bonds is 3. The van der Waals surface area contributed by atoms with E-state index in [-0.39, 0.29) is 6.54 Å². The normalized spacial score (nSPS) is 11.4. The Bertz CT molecular complexity index is 621. The topological polar surface area (TPSA) is 72.9 Å². The third-order valence-electron chi connectivity index (χ3n) is 2.60. The molecule has 0 fully saturated rings. The van der Waals surface area contributed by atoms with E-state index in [0.717, 1.165) is 10.7 Å². The molecule has 0 atom stereocenters. The van der Waals surface area contributed by atoms with Crippen LogP contribution in [0.4, 0.5) is 13.2 Å². The first-order chi connectivity index (χ1) is 9.40. The van der Waals surface area contributed by atoms with Crippen LogP contribution in [0.15, 0.2) is 36.5 Å². The number of hydrogen-bond donors (Lipinski definition) is 2. The Morgan fingerprint density at radius 1 is 1.35 bits per heavy atom. The maximum absolute atomic E-state index is 12.4. The quantitative estimate of drug-likeness (QED) is 0.510. The zero-order valence-electron chi connectivity index (χ0n) is 10.2. The molecule has 5 nitrogen and oxygen atoms in total. The second-order valence-electron chi connectivity index (χ2n) is 4.07. The van der Waals surface area contributed by atoms with Crippen LogP contribution in [0.5, 0.6) is 0 Å². The number of nitrogens with two attached hydrogens (primary N) is 1. The van der Waals surface area contributed by atoms with Crippen LogP contribution >= 0.6 is 0 Å². The van der Waals surface area contributed by atoms with E-state index in [0.29, 0.717) is 11.1 Å². The smallest absolute Gasteiger partial charge is 0.290 e. The predicted molar refractivity (Wildman–Crippen MR) is 64.4 cm³/mol. The monoisotopic (exact) mass is 284 g/mol. The van der Waals surface area contributed by atoms with E-state index < -0.39 is 17.8 Å². The molecule has 0 radical (unpaired) electrons. The third kappa shape index (κ3) is 3.15. The van der Waals surface area contributed by atoms with E-state index >= 15 is 0 Å². The van der Waals surface area contributed by atoms with Gasteiger partial charge in [0.15, 0.2) is 5.69 Å². The summed E-state index contributed by atoms with van der Waals surface area (Å²) < 4.78 is 38.4. The fraction of sp³-hybridized carbons (Fsp3) is 0.167. The molecule has 0 aliphatic carbocycles. The van der Waals surface area contributed by atoms with Crippen molar-refractivity contribution in [2.75, 3.05) is 0 Å². The molecule has 0 bridgehead atoms. The molecule has 0 saturated carbocycles. The van der Waals surface area contributed by atoms with Gasteiger partial charge in [-0.25, -0.2) is 5.84 Å². The molecule has 8 heteroatoms. The van der Waals surface area contributed by atoms with Gasteiger partial charge in [-0.1, -0.05) is 12.1 Å². The number of benzene rings is 1. The summed E-state index contributed by atoms with van der Waals surface area (Å²) in [5, 5.41) is 3.44. The highest BCUT2D eigenvalue weighted by Crippen LogP contribution is 2.27. The van der Waals surface area contributed by atoms with Crippen molar-refractivity contribution in [1.29, 1.82) is 0 Å². The van der Waals surface area contributed by atoms with E-state index in [4.69, 9.17) is 5.84 Å². The van der Waals surface area contributed by atoms with Crippen molar-refractivity contribution in [3.05, 3.63) is 53.3 Å². The SMILES string of the molecule is NNC(=O)c1cccc(Cn2ccc(C(F)(F)F)n2)c1. The minimum atomic E-state index is -4.47. The summed E-state index contributed by atoms with van der Waals surface area (Å²) in [4.78, 5) is 11.3. The van der Waals surface area contributed by atoms with Crippen LogP contribution in [0.25, 0.3) is 0 Å². The number of carbonyl (C=O) groups is 1. The summed E-state index contributed by atoms with van der Waals surface area (Å²) in [5.41, 5.74) is 2.00. The highest BCUT2D eigenvalue weighted by atomic mass is 19.4. The van der Waals surface area contributed by atoms with Gasteiger partial charge in [0.05, 0.1) is 6.54 Å². The zero-order valence-corrected chi connectivity index (χ0v) is 10.2. The summed E-state index contributed by atoms with van der Waals surface area (Å²) in [5.74, 6) is 4.55. The lowest BCUT2D eigenvalue weighted by Gasteiger charge is -2.05. The molecular formula is C12H11F3N4O. The van der Waals surface area contributed by atoms with Gasteiger partial charge in [-0.3, -0.25) is 14.9 Å². The highest BCUT2D eigenvalue weighted by Gasteiger charge is 2.33. The van der Waals surface area contributed by atoms with Crippen molar-refractivity contribution < 1.29 is 18.0 Å². The van der Waals surface area contributed by atoms with Gasteiger partial charge in [0, 0.05) is 11.8 Å². The van der Waals surface area contributed by atoms with Crippen LogP contribution < -0.4 is 11.3 Å². The zero-order chi connectivity index (χ0) is 14.8. The molecule has 0 aliphatic rings. The van der Waals surface area contributed by atoms with Crippen molar-refractivity contribution in [2.45, 2.75) is 12.7 Å². The van der Waals surface area contributed by atoms with Crippen molar-refractivity contribution in [1.82, 2.24) is 15.2 Å². The molecule has 2 rings (SSSR count). The summed E-state index contributed by atoms with van der Waals surface area (Å²) >= 11 is 0. The highest BCUT2D eigenvalue weighted by molar-refractivity contribution is 5.93. The summed E-state index contributed by atoms with van der Waals surface area (Å²) in [6.07, 6.45) is -3.23. The molecule has 20 heavy (non-hydrogen) atoms. The number of nitrogens with one attached hydrogen (secondary N) is 1. The standard InChI is InChI=1S/C12H11F3N4O/c13-12(14,15)10-4-5-19(18-10)7-8-2-1-3-9(6-8)11(20)17-16/h1-6H,7,16H2,(H,17,20). The largest absolute Gasteiger partial charge is 0.435 e. The fourth-order valence-corrected chi connectivity index (χ4v) is 1.68. The average molecular weight is 284 g/mol. The minimum Gasteiger partial charge on any atom is -0.290 e. The van der Waals surface area contributed by atoms with E-state index in [9.17, 15) is 18.0 Å². The number of hydrazine groups is 1. The van der Waals surface area contributed by atoms with E-state index in [1.165, 1.54) is 12.3 Å². The Labute approximate surface area is 112 Å². The second-order valence-corrected chi connectivity index (χ2v) is 4.07. The van der Waals surface area contributed by atoms with Crippen LogP contribution in [0.3, 0.4) is 0 Å². The molecule has 1 aromatic heterocycles. The van der Waals surface area contributed by atoms with Crippen LogP contribution in [-0.4, -0.2) is 15.7 Å². The van der Waals surface area contributed by atoms with Gasteiger partial charge < -0.3 is 0 Å². The number of nitrogens with zero attached hydrogens (tertiary/aromatic N) is 2. The van der Waals surface area contributed by atoms with Gasteiger partial charge >= 0.3 is 6.18 Å². The van der Waals surface area contributed by atoms with Gasteiger partial charge in [0.2, 0.25) is 0 Å². The van der Waals surface area contributed by atoms with Crippen LogP contribution in [0, 0.1) is 0 Å². The Morgan fingerprint density at radius 3 is 2.70 bits per heavy atom. The number of carbonyl (C=O) groups excluding carboxylic acids is 1. The molecule has 0 unspecified atom stereocenters. The maximum Gasteiger partial charge on any atom is 0.435 e. The summed E-state index contributed by atoms with van der Waals surface area (Å²) in [6.45, 7) is 0.127. The number of hydrogen-bond acceptors (Lipinski definition) is 3. The van der Waals surface area contributed by atoms with Crippen molar-refractivity contribution in [3.8, 4) is 0 Å². The maximum atomic E-state index is 12.4. The van der Waals surface area contributed by atoms with Crippen molar-refractivity contribution >= 4 is 5.91 Å². The first-order valence-corrected chi connectivity index (χ1v) is 5.60. The van der Waals surface area contributed by atoms with Gasteiger partial charge in [-0.15, -0.1) is 0 Å². The van der Waals surface area contributed by atoms with Crippen LogP contribution in [0.1, 0.15) is 21.6 Å². The Balaban J connectivity index is 2.18. The second kappa shape index (κ2) is 5.33. The summed E-state index contributed by atoms with van der Waals surface area (Å²) in [7, 11) is 0. The predicted octanol–water partition coefficient (Wildman–Crippen LogP) is 1.55. The lowest BCUT2D eigenvalue weighted by atomic mass is 10.1. The van der Waals surface area contributed by atoms with E-state index in [1.54, 1.807) is 18.2 Å². The first kappa shape index (κ1) is 14.1. The van der Waals surface area contributed by atoms with Crippen LogP contribution in [-0.2, 0) is 12.7 Å². The molecule has 1 heterocycles. The Hall–Kier alpha value is -2.35. The molecule has 0 spiro atoms. The number of amides is 1. The molecule has 0 saturated heterocycles. The molecule has 3 N–H and O–H groups in total. The van der Waals surface area contributed by atoms with Gasteiger partial charge in [-0.2, -0.15) is 18.3 Å². The minimum absolute atomic E-state index is 0.127. The molecule has 106 valence electrons. The molecular weight excluding hydrogens is 273 g/mol. The number of halogens is 3. The van der Waals surface area contributed by atoms with E-state index in [2.05, 4.69) is 5.10 Å². The average Bonchev–Trinajstić information content (AvgIpc) is 2.86. The molecule has 1 amide bonds. The molecule has 1 aromatic carbocycles. The number of nitrogen functional groups attached to an aromatic ring is 1. The van der Waals surface area contributed by atoms with Crippen molar-refractivity contribution in [2.24, 2.45) is 5.84 Å². The van der Waals surface area contributed by atoms with Crippen LogP contribution in [0.2, 0.25) is 0 Å². The first-order valence-electron chi connectivity index (χ1n) is 5.60. The molecule has 2 aromatic rings. The van der Waals surface area contributed by atoms with Gasteiger partial charge in [-0.05, 0) is 23.8 Å². The number of aromatic nitrogens is 2. The van der Waals surface area contributed by atoms with Crippen molar-refractivity contribution in [3.63, 3.8) is 0 Å². The summed E-state index contributed by atoms with van der Waals surface area (Å²) in [6, 6.07) is 7.29. The Kier molecular flexibility index (Phi) is 3.75. The lowest BCUT2D eigenvalue weighted by Crippen LogP contribution is -2.30. The lowest BCUT2D eigenvalue weighted by molar-refractivity contribution is -0.141. The number of alkyl halides is 3. The molecule has 0 aliphatic heterocycles. The van der Waals surface area contributed by atoms with Gasteiger partial charge in [0.25, 0.3) is 5.91 Å². The fourth-order valence-electron chi connectivity index (χ4n) is 1.68.